The van der Waals surface area contributed by atoms with Crippen molar-refractivity contribution in [3.05, 3.63) is 200 Å². The summed E-state index contributed by atoms with van der Waals surface area (Å²) >= 11 is 0. The highest BCUT2D eigenvalue weighted by atomic mass is 16.3. The summed E-state index contributed by atoms with van der Waals surface area (Å²) in [5.41, 5.74) is 11.2. The Balaban J connectivity index is 1.20. The molecule has 0 atom stereocenters. The number of rotatable bonds is 4. The molecule has 2 aromatic heterocycles. The monoisotopic (exact) mass is 675 g/mol. The highest BCUT2D eigenvalue weighted by Crippen LogP contribution is 2.43. The van der Waals surface area contributed by atoms with Crippen molar-refractivity contribution in [2.45, 2.75) is 5.92 Å². The van der Waals surface area contributed by atoms with E-state index in [0.29, 0.717) is 0 Å². The zero-order valence-corrected chi connectivity index (χ0v) is 28.9. The first kappa shape index (κ1) is 29.8. The molecule has 53 heavy (non-hydrogen) atoms. The number of fused-ring (bicyclic) bond motifs is 9. The molecule has 0 spiro atoms. The average Bonchev–Trinajstić information content (AvgIpc) is 3.61. The summed E-state index contributed by atoms with van der Waals surface area (Å²) in [7, 11) is 0. The number of hydrogen-bond acceptors (Lipinski definition) is 1. The van der Waals surface area contributed by atoms with E-state index in [2.05, 4.69) is 199 Å². The summed E-state index contributed by atoms with van der Waals surface area (Å²) in [5.74, 6) is 0.134. The first-order chi connectivity index (χ1) is 26.3. The van der Waals surface area contributed by atoms with Crippen molar-refractivity contribution in [1.29, 1.82) is 0 Å². The van der Waals surface area contributed by atoms with Crippen molar-refractivity contribution < 1.29 is 4.42 Å². The van der Waals surface area contributed by atoms with E-state index in [0.717, 1.165) is 33.1 Å². The van der Waals surface area contributed by atoms with Crippen LogP contribution in [0.4, 0.5) is 0 Å². The molecule has 2 heteroatoms. The maximum atomic E-state index is 6.83. The van der Waals surface area contributed by atoms with Gasteiger partial charge in [0.25, 0.3) is 0 Å². The Morgan fingerprint density at radius 2 is 1.11 bits per heavy atom. The van der Waals surface area contributed by atoms with Crippen LogP contribution in [0.25, 0.3) is 93.2 Å². The molecular formula is C51H33NO. The van der Waals surface area contributed by atoms with Gasteiger partial charge in [-0.2, -0.15) is 0 Å². The summed E-state index contributed by atoms with van der Waals surface area (Å²) in [6.45, 7) is 0. The second-order valence-electron chi connectivity index (χ2n) is 14.1. The van der Waals surface area contributed by atoms with Gasteiger partial charge in [0.2, 0.25) is 0 Å². The van der Waals surface area contributed by atoms with Crippen LogP contribution in [-0.4, -0.2) is 4.57 Å². The van der Waals surface area contributed by atoms with Gasteiger partial charge in [-0.1, -0.05) is 152 Å². The minimum atomic E-state index is 0.134. The van der Waals surface area contributed by atoms with E-state index in [1.807, 2.05) is 0 Å². The van der Waals surface area contributed by atoms with E-state index in [4.69, 9.17) is 4.42 Å². The van der Waals surface area contributed by atoms with Gasteiger partial charge in [0.05, 0.1) is 16.7 Å². The highest BCUT2D eigenvalue weighted by Gasteiger charge is 2.21. The molecule has 248 valence electrons. The Kier molecular flexibility index (Phi) is 6.65. The van der Waals surface area contributed by atoms with Crippen molar-refractivity contribution >= 4 is 65.3 Å². The van der Waals surface area contributed by atoms with Crippen LogP contribution in [0.2, 0.25) is 0 Å². The van der Waals surface area contributed by atoms with Crippen molar-refractivity contribution in [3.8, 4) is 27.9 Å². The third kappa shape index (κ3) is 4.73. The minimum Gasteiger partial charge on any atom is -0.455 e. The lowest BCUT2D eigenvalue weighted by atomic mass is 9.91. The fourth-order valence-electron chi connectivity index (χ4n) is 8.52. The van der Waals surface area contributed by atoms with Crippen LogP contribution in [0.15, 0.2) is 199 Å². The third-order valence-electron chi connectivity index (χ3n) is 11.0. The van der Waals surface area contributed by atoms with Crippen LogP contribution in [0.1, 0.15) is 11.5 Å². The summed E-state index contributed by atoms with van der Waals surface area (Å²) in [6.07, 6.45) is 13.0. The molecule has 0 saturated carbocycles. The topological polar surface area (TPSA) is 18.1 Å². The lowest BCUT2D eigenvalue weighted by Gasteiger charge is -2.15. The fourth-order valence-corrected chi connectivity index (χ4v) is 8.52. The molecule has 0 fully saturated rings. The van der Waals surface area contributed by atoms with Crippen molar-refractivity contribution in [2.24, 2.45) is 0 Å². The van der Waals surface area contributed by atoms with E-state index in [9.17, 15) is 0 Å². The van der Waals surface area contributed by atoms with Crippen LogP contribution in [0, 0.1) is 0 Å². The molecule has 0 radical (unpaired) electrons. The molecule has 0 N–H and O–H groups in total. The third-order valence-corrected chi connectivity index (χ3v) is 11.0. The molecule has 2 nitrogen and oxygen atoms in total. The molecule has 1 aliphatic rings. The van der Waals surface area contributed by atoms with Gasteiger partial charge in [0, 0.05) is 38.4 Å². The average molecular weight is 676 g/mol. The molecule has 10 aromatic rings. The summed E-state index contributed by atoms with van der Waals surface area (Å²) in [5, 5.41) is 9.71. The summed E-state index contributed by atoms with van der Waals surface area (Å²) in [4.78, 5) is 0. The zero-order valence-electron chi connectivity index (χ0n) is 28.9. The smallest absolute Gasteiger partial charge is 0.143 e. The number of benzene rings is 8. The number of allylic oxidation sites excluding steroid dienone is 6. The van der Waals surface area contributed by atoms with Gasteiger partial charge in [-0.3, -0.25) is 0 Å². The second kappa shape index (κ2) is 11.8. The van der Waals surface area contributed by atoms with Gasteiger partial charge in [-0.15, -0.1) is 0 Å². The van der Waals surface area contributed by atoms with Gasteiger partial charge in [0.1, 0.15) is 11.2 Å². The molecule has 1 aliphatic carbocycles. The maximum Gasteiger partial charge on any atom is 0.143 e. The van der Waals surface area contributed by atoms with Crippen molar-refractivity contribution in [3.63, 3.8) is 0 Å². The quantitative estimate of drug-likeness (QED) is 0.170. The fraction of sp³-hybridized carbons (Fsp3) is 0.0196. The molecule has 2 heterocycles. The van der Waals surface area contributed by atoms with Crippen molar-refractivity contribution in [2.75, 3.05) is 0 Å². The second-order valence-corrected chi connectivity index (χ2v) is 14.1. The van der Waals surface area contributed by atoms with Crippen LogP contribution < -0.4 is 0 Å². The molecule has 0 bridgehead atoms. The zero-order chi connectivity index (χ0) is 34.9. The van der Waals surface area contributed by atoms with Gasteiger partial charge in [-0.05, 0) is 80.9 Å². The van der Waals surface area contributed by atoms with Crippen LogP contribution >= 0.6 is 0 Å². The standard InChI is InChI=1S/C51H33NO/c1-2-5-17-34(16-4-1)38-29-44(51-46(30-38)45-28-35(25-27-50(45)53-51)33-14-6-3-7-15-33)37-24-26-43-42-22-12-13-23-47(42)52(49(43)32-37)48-31-36-18-8-9-19-39(36)40-20-10-11-21-41(40)48/h1-32,34H. The lowest BCUT2D eigenvalue weighted by molar-refractivity contribution is 0.670. The number of furan rings is 1. The SMILES string of the molecule is C1=CC=CC(c2cc(-c3ccc4c5ccccc5n(-c5cc6ccccc6c6ccccc56)c4c3)c3oc4ccc(-c5ccccc5)cc4c3c2)C=C1. The van der Waals surface area contributed by atoms with Crippen LogP contribution in [0.3, 0.4) is 0 Å². The van der Waals surface area contributed by atoms with Gasteiger partial charge in [0.15, 0.2) is 0 Å². The van der Waals surface area contributed by atoms with Gasteiger partial charge >= 0.3 is 0 Å². The molecule has 11 rings (SSSR count). The van der Waals surface area contributed by atoms with Crippen LogP contribution in [0.5, 0.6) is 0 Å². The minimum absolute atomic E-state index is 0.134. The first-order valence-electron chi connectivity index (χ1n) is 18.3. The Labute approximate surface area is 306 Å². The number of nitrogens with zero attached hydrogens (tertiary/aromatic N) is 1. The number of aromatic nitrogens is 1. The molecule has 0 saturated heterocycles. The number of hydrogen-bond donors (Lipinski definition) is 0. The molecule has 8 aromatic carbocycles. The highest BCUT2D eigenvalue weighted by molar-refractivity contribution is 6.16. The van der Waals surface area contributed by atoms with Gasteiger partial charge < -0.3 is 8.98 Å². The van der Waals surface area contributed by atoms with Crippen LogP contribution in [-0.2, 0) is 0 Å². The Morgan fingerprint density at radius 1 is 0.415 bits per heavy atom. The Hall–Kier alpha value is -6.90. The first-order valence-corrected chi connectivity index (χ1v) is 18.3. The van der Waals surface area contributed by atoms with E-state index in [1.54, 1.807) is 0 Å². The molecule has 0 unspecified atom stereocenters. The largest absolute Gasteiger partial charge is 0.455 e. The molecular weight excluding hydrogens is 643 g/mol. The van der Waals surface area contributed by atoms with E-state index in [1.165, 1.54) is 65.7 Å². The summed E-state index contributed by atoms with van der Waals surface area (Å²) < 4.78 is 9.30. The molecule has 0 amide bonds. The number of para-hydroxylation sites is 1. The van der Waals surface area contributed by atoms with E-state index in [-0.39, 0.29) is 5.92 Å². The van der Waals surface area contributed by atoms with E-state index < -0.39 is 0 Å². The molecule has 0 aliphatic heterocycles. The lowest BCUT2D eigenvalue weighted by Crippen LogP contribution is -1.97. The van der Waals surface area contributed by atoms with E-state index >= 15 is 0 Å². The maximum absolute atomic E-state index is 6.83. The predicted octanol–water partition coefficient (Wildman–Crippen LogP) is 14.1. The predicted molar refractivity (Wildman–Crippen MR) is 224 cm³/mol. The normalized spacial score (nSPS) is 13.4. The Bertz CT molecular complexity index is 3150. The summed E-state index contributed by atoms with van der Waals surface area (Å²) in [6, 6.07) is 57.5. The Morgan fingerprint density at radius 3 is 1.96 bits per heavy atom. The van der Waals surface area contributed by atoms with Gasteiger partial charge in [-0.25, -0.2) is 0 Å². The van der Waals surface area contributed by atoms with Crippen molar-refractivity contribution in [1.82, 2.24) is 4.57 Å².